The number of nitrogens with zero attached hydrogens (tertiary/aromatic N) is 3. The summed E-state index contributed by atoms with van der Waals surface area (Å²) in [5.74, 6) is 0.704. The zero-order chi connectivity index (χ0) is 25.5. The van der Waals surface area contributed by atoms with Crippen molar-refractivity contribution in [2.45, 2.75) is 0 Å². The van der Waals surface area contributed by atoms with Crippen LogP contribution >= 0.6 is 22.7 Å². The molecule has 0 unspecified atom stereocenters. The normalized spacial score (nSPS) is 12.1. The molecule has 0 saturated heterocycles. The maximum absolute atomic E-state index is 5.35. The van der Waals surface area contributed by atoms with Crippen LogP contribution in [0.4, 0.5) is 0 Å². The van der Waals surface area contributed by atoms with Crippen molar-refractivity contribution in [1.82, 2.24) is 14.5 Å². The fourth-order valence-electron chi connectivity index (χ4n) is 6.04. The third kappa shape index (κ3) is 2.97. The highest BCUT2D eigenvalue weighted by atomic mass is 32.1. The minimum absolute atomic E-state index is 0.704. The van der Waals surface area contributed by atoms with Crippen molar-refractivity contribution in [2.75, 3.05) is 0 Å². The predicted octanol–water partition coefficient (Wildman–Crippen LogP) is 9.98. The molecule has 0 amide bonds. The third-order valence-corrected chi connectivity index (χ3v) is 9.70. The van der Waals surface area contributed by atoms with Crippen molar-refractivity contribution in [3.8, 4) is 17.2 Å². The second-order valence-corrected chi connectivity index (χ2v) is 11.7. The highest BCUT2D eigenvalue weighted by Crippen LogP contribution is 2.42. The van der Waals surface area contributed by atoms with Crippen LogP contribution in [0.25, 0.3) is 80.9 Å². The number of fused-ring (bicyclic) bond motifs is 9. The number of hydrogen-bond acceptors (Lipinski definition) is 4. The molecular weight excluding hydrogens is 515 g/mol. The van der Waals surface area contributed by atoms with E-state index in [9.17, 15) is 0 Å². The first-order valence-electron chi connectivity index (χ1n) is 12.9. The van der Waals surface area contributed by atoms with Gasteiger partial charge in [0.05, 0.1) is 22.2 Å². The van der Waals surface area contributed by atoms with Gasteiger partial charge in [-0.3, -0.25) is 4.57 Å². The molecule has 9 aromatic rings. The Kier molecular flexibility index (Phi) is 4.36. The van der Waals surface area contributed by atoms with Crippen LogP contribution in [0.2, 0.25) is 0 Å². The summed E-state index contributed by atoms with van der Waals surface area (Å²) >= 11 is 3.52. The Balaban J connectivity index is 1.41. The molecule has 0 atom stereocenters. The van der Waals surface area contributed by atoms with Crippen LogP contribution in [0.3, 0.4) is 0 Å². The fraction of sp³-hybridized carbons (Fsp3) is 0. The maximum Gasteiger partial charge on any atom is 0.235 e. The fourth-order valence-corrected chi connectivity index (χ4v) is 8.00. The summed E-state index contributed by atoms with van der Waals surface area (Å²) in [5.41, 5.74) is 5.36. The summed E-state index contributed by atoms with van der Waals surface area (Å²) < 4.78 is 4.80. The molecule has 0 bridgehead atoms. The van der Waals surface area contributed by atoms with Crippen molar-refractivity contribution in [1.29, 1.82) is 0 Å². The Bertz CT molecular complexity index is 2410. The Morgan fingerprint density at radius 2 is 1.36 bits per heavy atom. The van der Waals surface area contributed by atoms with Gasteiger partial charge >= 0.3 is 0 Å². The Morgan fingerprint density at radius 1 is 0.564 bits per heavy atom. The lowest BCUT2D eigenvalue weighted by Gasteiger charge is -2.11. The van der Waals surface area contributed by atoms with Crippen LogP contribution in [0.5, 0.6) is 0 Å². The first kappa shape index (κ1) is 21.4. The lowest BCUT2D eigenvalue weighted by molar-refractivity contribution is 1.02. The molecule has 9 rings (SSSR count). The van der Waals surface area contributed by atoms with Crippen LogP contribution in [0, 0.1) is 0 Å². The van der Waals surface area contributed by atoms with E-state index in [0.29, 0.717) is 5.95 Å². The molecule has 0 aliphatic carbocycles. The highest BCUT2D eigenvalue weighted by Gasteiger charge is 2.20. The van der Waals surface area contributed by atoms with Gasteiger partial charge in [-0.1, -0.05) is 84.9 Å². The van der Waals surface area contributed by atoms with E-state index in [-0.39, 0.29) is 0 Å². The molecule has 0 spiro atoms. The maximum atomic E-state index is 5.35. The molecule has 0 aliphatic heterocycles. The SMILES string of the molecule is c1ccc2c(c1)ccc1c2c2ccccc2n1-c1nc(-c2cccc3c2sc2ccccc23)c2cscc2n1. The van der Waals surface area contributed by atoms with E-state index >= 15 is 0 Å². The van der Waals surface area contributed by atoms with Gasteiger partial charge in [0, 0.05) is 52.7 Å². The molecule has 3 nitrogen and oxygen atoms in total. The average molecular weight is 534 g/mol. The molecule has 5 aromatic carbocycles. The van der Waals surface area contributed by atoms with E-state index in [1.54, 1.807) is 11.3 Å². The van der Waals surface area contributed by atoms with Crippen molar-refractivity contribution in [3.05, 3.63) is 114 Å². The second kappa shape index (κ2) is 7.96. The summed E-state index contributed by atoms with van der Waals surface area (Å²) in [6.45, 7) is 0. The van der Waals surface area contributed by atoms with E-state index in [4.69, 9.17) is 9.97 Å². The standard InChI is InChI=1S/C34H19N3S2/c1-2-9-21-20(8-1)16-17-29-31(21)24-11-3-5-14-28(24)37(29)34-35-27-19-38-18-26(27)32(36-34)25-13-7-12-23-22-10-4-6-15-30(22)39-33(23)25/h1-19H. The number of benzene rings is 5. The first-order chi connectivity index (χ1) is 19.3. The number of rotatable bonds is 2. The van der Waals surface area contributed by atoms with Crippen LogP contribution in [-0.2, 0) is 0 Å². The Labute approximate surface area is 231 Å². The lowest BCUT2D eigenvalue weighted by Crippen LogP contribution is -2.02. The van der Waals surface area contributed by atoms with Gasteiger partial charge < -0.3 is 0 Å². The van der Waals surface area contributed by atoms with E-state index < -0.39 is 0 Å². The Hall–Kier alpha value is -4.58. The minimum Gasteiger partial charge on any atom is -0.278 e. The number of aromatic nitrogens is 3. The van der Waals surface area contributed by atoms with E-state index in [0.717, 1.165) is 33.2 Å². The van der Waals surface area contributed by atoms with Gasteiger partial charge in [0.2, 0.25) is 5.95 Å². The quantitative estimate of drug-likeness (QED) is 0.221. The van der Waals surface area contributed by atoms with Gasteiger partial charge in [-0.2, -0.15) is 0 Å². The van der Waals surface area contributed by atoms with Crippen molar-refractivity contribution < 1.29 is 0 Å². The zero-order valence-corrected chi connectivity index (χ0v) is 22.3. The van der Waals surface area contributed by atoms with E-state index in [1.165, 1.54) is 41.7 Å². The molecule has 4 aromatic heterocycles. The molecule has 5 heteroatoms. The summed E-state index contributed by atoms with van der Waals surface area (Å²) in [4.78, 5) is 10.5. The summed E-state index contributed by atoms with van der Waals surface area (Å²) in [6, 6.07) is 36.9. The monoisotopic (exact) mass is 533 g/mol. The van der Waals surface area contributed by atoms with Crippen LogP contribution in [0.1, 0.15) is 0 Å². The van der Waals surface area contributed by atoms with Gasteiger partial charge in [0.25, 0.3) is 0 Å². The van der Waals surface area contributed by atoms with Crippen LogP contribution < -0.4 is 0 Å². The third-order valence-electron chi connectivity index (χ3n) is 7.75. The molecule has 39 heavy (non-hydrogen) atoms. The van der Waals surface area contributed by atoms with E-state index in [1.807, 2.05) is 11.3 Å². The van der Waals surface area contributed by atoms with Gasteiger partial charge in [-0.15, -0.1) is 22.7 Å². The van der Waals surface area contributed by atoms with E-state index in [2.05, 4.69) is 118 Å². The smallest absolute Gasteiger partial charge is 0.235 e. The molecule has 0 saturated carbocycles. The summed E-state index contributed by atoms with van der Waals surface area (Å²) in [6.07, 6.45) is 0. The highest BCUT2D eigenvalue weighted by molar-refractivity contribution is 7.26. The number of thiophene rings is 2. The number of para-hydroxylation sites is 1. The molecular formula is C34H19N3S2. The van der Waals surface area contributed by atoms with Gasteiger partial charge in [0.15, 0.2) is 0 Å². The van der Waals surface area contributed by atoms with Crippen molar-refractivity contribution in [2.24, 2.45) is 0 Å². The molecule has 182 valence electrons. The topological polar surface area (TPSA) is 30.7 Å². The van der Waals surface area contributed by atoms with Crippen LogP contribution in [0.15, 0.2) is 114 Å². The molecule has 0 N–H and O–H groups in total. The summed E-state index contributed by atoms with van der Waals surface area (Å²) in [7, 11) is 0. The summed E-state index contributed by atoms with van der Waals surface area (Å²) in [5, 5.41) is 12.9. The Morgan fingerprint density at radius 3 is 2.31 bits per heavy atom. The van der Waals surface area contributed by atoms with Gasteiger partial charge in [-0.25, -0.2) is 9.97 Å². The zero-order valence-electron chi connectivity index (χ0n) is 20.6. The van der Waals surface area contributed by atoms with Gasteiger partial charge in [0.1, 0.15) is 0 Å². The second-order valence-electron chi connectivity index (χ2n) is 9.86. The largest absolute Gasteiger partial charge is 0.278 e. The van der Waals surface area contributed by atoms with Gasteiger partial charge in [-0.05, 0) is 29.0 Å². The molecule has 0 fully saturated rings. The number of hydrogen-bond donors (Lipinski definition) is 0. The lowest BCUT2D eigenvalue weighted by atomic mass is 10.0. The minimum atomic E-state index is 0.704. The molecule has 0 aliphatic rings. The predicted molar refractivity (Wildman–Crippen MR) is 168 cm³/mol. The first-order valence-corrected chi connectivity index (χ1v) is 14.7. The van der Waals surface area contributed by atoms with Crippen LogP contribution in [-0.4, -0.2) is 14.5 Å². The van der Waals surface area contributed by atoms with Crippen molar-refractivity contribution in [3.63, 3.8) is 0 Å². The molecule has 4 heterocycles. The van der Waals surface area contributed by atoms with Crippen molar-refractivity contribution >= 4 is 86.3 Å². The average Bonchev–Trinajstić information content (AvgIpc) is 3.70. The molecule has 0 radical (unpaired) electrons.